The van der Waals surface area contributed by atoms with E-state index in [0.717, 1.165) is 44.7 Å². The molecule has 20 heavy (non-hydrogen) atoms. The maximum absolute atomic E-state index is 11.1. The molecule has 1 aliphatic rings. The number of aromatic nitrogens is 1. The molecule has 1 saturated heterocycles. The lowest BCUT2D eigenvalue weighted by Crippen LogP contribution is -2.44. The molecule has 0 saturated carbocycles. The molecule has 2 heterocycles. The number of hydrogen-bond donors (Lipinski definition) is 2. The Labute approximate surface area is 120 Å². The molecule has 5 nitrogen and oxygen atoms in total. The van der Waals surface area contributed by atoms with E-state index >= 15 is 0 Å². The number of carbonyl (C=O) groups is 1. The van der Waals surface area contributed by atoms with Crippen molar-refractivity contribution in [2.24, 2.45) is 0 Å². The van der Waals surface area contributed by atoms with E-state index in [0.29, 0.717) is 11.7 Å². The Morgan fingerprint density at radius 3 is 2.70 bits per heavy atom. The fourth-order valence-electron chi connectivity index (χ4n) is 2.78. The van der Waals surface area contributed by atoms with E-state index in [1.807, 2.05) is 6.07 Å². The number of piperidine rings is 1. The van der Waals surface area contributed by atoms with Crippen molar-refractivity contribution in [3.8, 4) is 0 Å². The van der Waals surface area contributed by atoms with Gasteiger partial charge in [0, 0.05) is 12.6 Å². The molecule has 110 valence electrons. The zero-order chi connectivity index (χ0) is 14.5. The monoisotopic (exact) mass is 277 g/mol. The second kappa shape index (κ2) is 6.70. The third kappa shape index (κ3) is 3.28. The number of nitrogens with zero attached hydrogens (tertiary/aromatic N) is 2. The number of nitrogens with one attached hydrogen (secondary N) is 1. The van der Waals surface area contributed by atoms with E-state index in [1.54, 1.807) is 13.0 Å². The second-order valence-corrected chi connectivity index (χ2v) is 5.28. The van der Waals surface area contributed by atoms with Crippen LogP contribution in [0.15, 0.2) is 12.1 Å². The summed E-state index contributed by atoms with van der Waals surface area (Å²) in [6, 6.07) is 4.01. The summed E-state index contributed by atoms with van der Waals surface area (Å²) in [5.74, 6) is -0.00768. The fraction of sp³-hybridized carbons (Fsp3) is 0.600. The van der Waals surface area contributed by atoms with Gasteiger partial charge in [0.2, 0.25) is 0 Å². The average molecular weight is 277 g/mol. The van der Waals surface area contributed by atoms with Gasteiger partial charge in [-0.05, 0) is 51.4 Å². The van der Waals surface area contributed by atoms with E-state index in [9.17, 15) is 4.79 Å². The molecule has 0 unspecified atom stereocenters. The summed E-state index contributed by atoms with van der Waals surface area (Å²) in [5, 5.41) is 12.5. The van der Waals surface area contributed by atoms with Crippen LogP contribution in [0.4, 0.5) is 5.82 Å². The van der Waals surface area contributed by atoms with Crippen molar-refractivity contribution in [2.45, 2.75) is 39.2 Å². The minimum absolute atomic E-state index is 0.288. The van der Waals surface area contributed by atoms with Crippen molar-refractivity contribution in [3.63, 3.8) is 0 Å². The van der Waals surface area contributed by atoms with Crippen LogP contribution in [-0.4, -0.2) is 41.7 Å². The maximum Gasteiger partial charge on any atom is 0.337 e. The van der Waals surface area contributed by atoms with Crippen molar-refractivity contribution in [2.75, 3.05) is 24.5 Å². The van der Waals surface area contributed by atoms with Crippen LogP contribution in [0.1, 0.15) is 42.2 Å². The summed E-state index contributed by atoms with van der Waals surface area (Å²) in [5.41, 5.74) is 0.876. The van der Waals surface area contributed by atoms with Crippen molar-refractivity contribution >= 4 is 11.8 Å². The van der Waals surface area contributed by atoms with Crippen LogP contribution in [0.2, 0.25) is 0 Å². The first-order valence-electron chi connectivity index (χ1n) is 7.31. The highest BCUT2D eigenvalue weighted by Crippen LogP contribution is 2.22. The molecule has 0 amide bonds. The minimum atomic E-state index is -0.912. The molecule has 1 fully saturated rings. The molecule has 0 aromatic carbocycles. The summed E-state index contributed by atoms with van der Waals surface area (Å²) in [4.78, 5) is 17.9. The number of hydrogen-bond acceptors (Lipinski definition) is 4. The van der Waals surface area contributed by atoms with Crippen LogP contribution < -0.4 is 10.2 Å². The van der Waals surface area contributed by atoms with Gasteiger partial charge in [-0.2, -0.15) is 0 Å². The number of carboxylic acids is 1. The predicted molar refractivity (Wildman–Crippen MR) is 79.5 cm³/mol. The van der Waals surface area contributed by atoms with E-state index in [-0.39, 0.29) is 5.56 Å². The molecule has 0 aliphatic carbocycles. The molecule has 1 aliphatic heterocycles. The Hall–Kier alpha value is -1.62. The molecule has 1 aromatic heterocycles. The van der Waals surface area contributed by atoms with Crippen molar-refractivity contribution in [3.05, 3.63) is 23.4 Å². The van der Waals surface area contributed by atoms with Crippen LogP contribution in [0.5, 0.6) is 0 Å². The Balaban J connectivity index is 2.24. The third-order valence-electron chi connectivity index (χ3n) is 3.81. The Morgan fingerprint density at radius 1 is 1.45 bits per heavy atom. The summed E-state index contributed by atoms with van der Waals surface area (Å²) < 4.78 is 0. The van der Waals surface area contributed by atoms with Crippen LogP contribution in [0.25, 0.3) is 0 Å². The standard InChI is InChI=1S/C15H23N3O2/c1-3-10-18(12-6-8-16-9-7-12)14-5-4-13(15(19)20)11(2)17-14/h4-5,12,16H,3,6-10H2,1-2H3,(H,19,20). The van der Waals surface area contributed by atoms with Gasteiger partial charge in [0.1, 0.15) is 5.82 Å². The van der Waals surface area contributed by atoms with Crippen molar-refractivity contribution in [1.29, 1.82) is 0 Å². The summed E-state index contributed by atoms with van der Waals surface area (Å²) in [7, 11) is 0. The lowest BCUT2D eigenvalue weighted by Gasteiger charge is -2.35. The first kappa shape index (κ1) is 14.8. The van der Waals surface area contributed by atoms with Crippen molar-refractivity contribution < 1.29 is 9.90 Å². The van der Waals surface area contributed by atoms with Gasteiger partial charge in [-0.1, -0.05) is 6.92 Å². The van der Waals surface area contributed by atoms with Crippen LogP contribution in [-0.2, 0) is 0 Å². The van der Waals surface area contributed by atoms with Crippen molar-refractivity contribution in [1.82, 2.24) is 10.3 Å². The highest BCUT2D eigenvalue weighted by molar-refractivity contribution is 5.89. The van der Waals surface area contributed by atoms with E-state index in [4.69, 9.17) is 5.11 Å². The molecule has 5 heteroatoms. The number of carboxylic acid groups (broad SMARTS) is 1. The molecule has 0 atom stereocenters. The van der Waals surface area contributed by atoms with Gasteiger partial charge < -0.3 is 15.3 Å². The van der Waals surface area contributed by atoms with Crippen LogP contribution >= 0.6 is 0 Å². The number of rotatable bonds is 5. The zero-order valence-electron chi connectivity index (χ0n) is 12.2. The van der Waals surface area contributed by atoms with Gasteiger partial charge in [-0.25, -0.2) is 9.78 Å². The quantitative estimate of drug-likeness (QED) is 0.862. The van der Waals surface area contributed by atoms with Crippen LogP contribution in [0.3, 0.4) is 0 Å². The lowest BCUT2D eigenvalue weighted by atomic mass is 10.0. The highest BCUT2D eigenvalue weighted by atomic mass is 16.4. The molecule has 0 radical (unpaired) electrons. The molecule has 2 rings (SSSR count). The Kier molecular flexibility index (Phi) is 4.95. The van der Waals surface area contributed by atoms with Gasteiger partial charge in [0.25, 0.3) is 0 Å². The summed E-state index contributed by atoms with van der Waals surface area (Å²) in [6.07, 6.45) is 3.29. The van der Waals surface area contributed by atoms with E-state index in [2.05, 4.69) is 22.1 Å². The van der Waals surface area contributed by atoms with Gasteiger partial charge in [0.05, 0.1) is 11.3 Å². The average Bonchev–Trinajstić information content (AvgIpc) is 2.45. The molecule has 0 spiro atoms. The topological polar surface area (TPSA) is 65.5 Å². The SMILES string of the molecule is CCCN(c1ccc(C(=O)O)c(C)n1)C1CCNCC1. The second-order valence-electron chi connectivity index (χ2n) is 5.28. The van der Waals surface area contributed by atoms with E-state index in [1.165, 1.54) is 0 Å². The van der Waals surface area contributed by atoms with Crippen LogP contribution in [0, 0.1) is 6.92 Å². The van der Waals surface area contributed by atoms with Gasteiger partial charge in [-0.15, -0.1) is 0 Å². The van der Waals surface area contributed by atoms with Gasteiger partial charge >= 0.3 is 5.97 Å². The molecular formula is C15H23N3O2. The zero-order valence-corrected chi connectivity index (χ0v) is 12.2. The first-order valence-corrected chi connectivity index (χ1v) is 7.31. The number of aromatic carboxylic acids is 1. The number of aryl methyl sites for hydroxylation is 1. The normalized spacial score (nSPS) is 16.1. The predicted octanol–water partition coefficient (Wildman–Crippen LogP) is 2.06. The fourth-order valence-corrected chi connectivity index (χ4v) is 2.78. The molecule has 1 aromatic rings. The molecular weight excluding hydrogens is 254 g/mol. The third-order valence-corrected chi connectivity index (χ3v) is 3.81. The summed E-state index contributed by atoms with van der Waals surface area (Å²) >= 11 is 0. The number of pyridine rings is 1. The summed E-state index contributed by atoms with van der Waals surface area (Å²) in [6.45, 7) is 6.96. The minimum Gasteiger partial charge on any atom is -0.478 e. The largest absolute Gasteiger partial charge is 0.478 e. The number of anilines is 1. The van der Waals surface area contributed by atoms with Gasteiger partial charge in [-0.3, -0.25) is 0 Å². The maximum atomic E-state index is 11.1. The first-order chi connectivity index (χ1) is 9.63. The molecule has 2 N–H and O–H groups in total. The smallest absolute Gasteiger partial charge is 0.337 e. The lowest BCUT2D eigenvalue weighted by molar-refractivity contribution is 0.0695. The van der Waals surface area contributed by atoms with Gasteiger partial charge in [0.15, 0.2) is 0 Å². The Bertz CT molecular complexity index is 470. The highest BCUT2D eigenvalue weighted by Gasteiger charge is 2.22. The van der Waals surface area contributed by atoms with E-state index < -0.39 is 5.97 Å². The Morgan fingerprint density at radius 2 is 2.15 bits per heavy atom. The molecule has 0 bridgehead atoms.